The Morgan fingerprint density at radius 2 is 2.18 bits per heavy atom. The van der Waals surface area contributed by atoms with Gasteiger partial charge >= 0.3 is 0 Å². The quantitative estimate of drug-likeness (QED) is 0.708. The fourth-order valence-electron chi connectivity index (χ4n) is 3.19. The summed E-state index contributed by atoms with van der Waals surface area (Å²) in [5.74, 6) is -0.677. The van der Waals surface area contributed by atoms with Gasteiger partial charge in [0, 0.05) is 18.7 Å². The van der Waals surface area contributed by atoms with Crippen molar-refractivity contribution in [2.75, 3.05) is 13.2 Å². The number of aromatic nitrogens is 3. The molecule has 0 unspecified atom stereocenters. The second-order valence-electron chi connectivity index (χ2n) is 6.67. The molecule has 1 atom stereocenters. The highest BCUT2D eigenvalue weighted by molar-refractivity contribution is 7.19. The molecule has 4 rings (SSSR count). The first-order valence-electron chi connectivity index (χ1n) is 9.04. The molecule has 0 radical (unpaired) electrons. The minimum absolute atomic E-state index is 0.0204. The summed E-state index contributed by atoms with van der Waals surface area (Å²) in [5, 5.41) is 7.90. The number of carbonyl (C=O) groups is 1. The summed E-state index contributed by atoms with van der Waals surface area (Å²) in [7, 11) is 0. The lowest BCUT2D eigenvalue weighted by Gasteiger charge is -2.12. The fraction of sp³-hybridized carbons (Fsp3) is 0.368. The second-order valence-corrected chi connectivity index (χ2v) is 7.87. The van der Waals surface area contributed by atoms with Crippen LogP contribution in [0.4, 0.5) is 4.39 Å². The molecule has 3 aromatic rings. The largest absolute Gasteiger partial charge is 0.376 e. The van der Waals surface area contributed by atoms with E-state index in [0.717, 1.165) is 22.5 Å². The van der Waals surface area contributed by atoms with Gasteiger partial charge in [0.25, 0.3) is 5.56 Å². The number of hydrogen-bond donors (Lipinski definition) is 1. The van der Waals surface area contributed by atoms with E-state index in [1.165, 1.54) is 23.5 Å². The Kier molecular flexibility index (Phi) is 5.19. The zero-order valence-corrected chi connectivity index (χ0v) is 16.1. The number of benzene rings is 1. The molecule has 2 aromatic heterocycles. The summed E-state index contributed by atoms with van der Waals surface area (Å²) < 4.78 is 20.5. The Bertz CT molecular complexity index is 1070. The molecule has 0 aliphatic carbocycles. The van der Waals surface area contributed by atoms with E-state index in [2.05, 4.69) is 15.4 Å². The molecule has 3 heterocycles. The Labute approximate surface area is 164 Å². The van der Waals surface area contributed by atoms with Crippen LogP contribution in [0.1, 0.15) is 17.8 Å². The van der Waals surface area contributed by atoms with Crippen molar-refractivity contribution in [1.29, 1.82) is 0 Å². The Hall–Kier alpha value is -2.65. The zero-order chi connectivity index (χ0) is 19.7. The Morgan fingerprint density at radius 3 is 2.89 bits per heavy atom. The zero-order valence-electron chi connectivity index (χ0n) is 15.3. The molecule has 9 heteroatoms. The number of hydrogen-bond acceptors (Lipinski definition) is 6. The minimum Gasteiger partial charge on any atom is -0.376 e. The van der Waals surface area contributed by atoms with Crippen molar-refractivity contribution >= 4 is 27.5 Å². The molecule has 146 valence electrons. The molecule has 1 N–H and O–H groups in total. The molecule has 1 amide bonds. The average Bonchev–Trinajstić information content (AvgIpc) is 3.33. The minimum atomic E-state index is -0.419. The van der Waals surface area contributed by atoms with Crippen LogP contribution in [0.5, 0.6) is 0 Å². The normalized spacial score (nSPS) is 16.6. The maximum absolute atomic E-state index is 13.3. The van der Waals surface area contributed by atoms with E-state index in [1.54, 1.807) is 19.1 Å². The monoisotopic (exact) mass is 402 g/mol. The molecule has 1 saturated heterocycles. The number of nitrogens with zero attached hydrogens (tertiary/aromatic N) is 3. The van der Waals surface area contributed by atoms with Crippen LogP contribution < -0.4 is 10.9 Å². The predicted molar refractivity (Wildman–Crippen MR) is 104 cm³/mol. The maximum atomic E-state index is 13.3. The van der Waals surface area contributed by atoms with Crippen LogP contribution in [0.15, 0.2) is 29.1 Å². The first-order valence-corrected chi connectivity index (χ1v) is 9.85. The van der Waals surface area contributed by atoms with Gasteiger partial charge in [0.1, 0.15) is 18.1 Å². The average molecular weight is 402 g/mol. The highest BCUT2D eigenvalue weighted by Crippen LogP contribution is 2.29. The van der Waals surface area contributed by atoms with Crippen molar-refractivity contribution in [3.8, 4) is 11.3 Å². The lowest BCUT2D eigenvalue weighted by Crippen LogP contribution is -2.37. The second kappa shape index (κ2) is 7.76. The SMILES string of the molecule is Cc1nc2c(=O)n(CC(=O)NC[C@@H]3CCCO3)nc(-c3ccc(F)cc3)c2s1. The number of aryl methyl sites for hydroxylation is 1. The molecular weight excluding hydrogens is 383 g/mol. The predicted octanol–water partition coefficient (Wildman–Crippen LogP) is 2.26. The van der Waals surface area contributed by atoms with Crippen molar-refractivity contribution in [3.05, 3.63) is 45.4 Å². The van der Waals surface area contributed by atoms with Crippen molar-refractivity contribution < 1.29 is 13.9 Å². The van der Waals surface area contributed by atoms with Crippen LogP contribution in [-0.4, -0.2) is 39.9 Å². The Balaban J connectivity index is 1.66. The van der Waals surface area contributed by atoms with Crippen LogP contribution >= 0.6 is 11.3 Å². The van der Waals surface area contributed by atoms with Gasteiger partial charge in [0.05, 0.1) is 15.8 Å². The molecule has 0 spiro atoms. The van der Waals surface area contributed by atoms with Gasteiger partial charge in [-0.25, -0.2) is 14.1 Å². The topological polar surface area (TPSA) is 86.1 Å². The third-order valence-electron chi connectivity index (χ3n) is 4.57. The maximum Gasteiger partial charge on any atom is 0.294 e. The van der Waals surface area contributed by atoms with Crippen LogP contribution in [0.3, 0.4) is 0 Å². The van der Waals surface area contributed by atoms with Gasteiger partial charge in [-0.1, -0.05) is 0 Å². The third-order valence-corrected chi connectivity index (χ3v) is 5.55. The number of ether oxygens (including phenoxy) is 1. The van der Waals surface area contributed by atoms with Gasteiger partial charge in [-0.3, -0.25) is 9.59 Å². The van der Waals surface area contributed by atoms with Gasteiger partial charge in [0.2, 0.25) is 5.91 Å². The molecule has 1 fully saturated rings. The van der Waals surface area contributed by atoms with E-state index in [4.69, 9.17) is 4.74 Å². The lowest BCUT2D eigenvalue weighted by molar-refractivity contribution is -0.122. The number of nitrogens with one attached hydrogen (secondary N) is 1. The first kappa shape index (κ1) is 18.7. The van der Waals surface area contributed by atoms with Gasteiger partial charge in [-0.2, -0.15) is 5.10 Å². The van der Waals surface area contributed by atoms with Gasteiger partial charge in [-0.15, -0.1) is 11.3 Å². The molecule has 1 aromatic carbocycles. The summed E-state index contributed by atoms with van der Waals surface area (Å²) in [6.45, 7) is 2.71. The number of carbonyl (C=O) groups excluding carboxylic acids is 1. The van der Waals surface area contributed by atoms with E-state index in [0.29, 0.717) is 29.1 Å². The first-order chi connectivity index (χ1) is 13.5. The van der Waals surface area contributed by atoms with Crippen molar-refractivity contribution in [2.24, 2.45) is 0 Å². The number of halogens is 1. The highest BCUT2D eigenvalue weighted by atomic mass is 32.1. The van der Waals surface area contributed by atoms with E-state index >= 15 is 0 Å². The van der Waals surface area contributed by atoms with Gasteiger partial charge in [-0.05, 0) is 44.0 Å². The standard InChI is InChI=1S/C19H19FN4O3S/c1-11-22-17-18(28-11)16(12-4-6-13(20)7-5-12)23-24(19(17)26)10-15(25)21-9-14-3-2-8-27-14/h4-7,14H,2-3,8-10H2,1H3,(H,21,25)/t14-/m0/s1. The molecule has 0 bridgehead atoms. The number of fused-ring (bicyclic) bond motifs is 1. The fourth-order valence-corrected chi connectivity index (χ4v) is 4.11. The third kappa shape index (κ3) is 3.81. The number of rotatable bonds is 5. The molecule has 28 heavy (non-hydrogen) atoms. The van der Waals surface area contributed by atoms with Gasteiger partial charge < -0.3 is 10.1 Å². The number of amides is 1. The van der Waals surface area contributed by atoms with E-state index in [-0.39, 0.29) is 29.9 Å². The highest BCUT2D eigenvalue weighted by Gasteiger charge is 2.19. The van der Waals surface area contributed by atoms with E-state index in [9.17, 15) is 14.0 Å². The van der Waals surface area contributed by atoms with Crippen LogP contribution in [0.2, 0.25) is 0 Å². The molecular formula is C19H19FN4O3S. The van der Waals surface area contributed by atoms with Crippen LogP contribution in [-0.2, 0) is 16.1 Å². The van der Waals surface area contributed by atoms with Crippen LogP contribution in [0.25, 0.3) is 21.5 Å². The molecule has 1 aliphatic rings. The van der Waals surface area contributed by atoms with E-state index < -0.39 is 5.56 Å². The molecule has 1 aliphatic heterocycles. The summed E-state index contributed by atoms with van der Waals surface area (Å²) >= 11 is 1.35. The Morgan fingerprint density at radius 1 is 1.39 bits per heavy atom. The van der Waals surface area contributed by atoms with Crippen LogP contribution in [0, 0.1) is 12.7 Å². The summed E-state index contributed by atoms with van der Waals surface area (Å²) in [6, 6.07) is 5.86. The summed E-state index contributed by atoms with van der Waals surface area (Å²) in [5.41, 5.74) is 1.01. The molecule has 7 nitrogen and oxygen atoms in total. The summed E-state index contributed by atoms with van der Waals surface area (Å²) in [6.07, 6.45) is 1.92. The van der Waals surface area contributed by atoms with Crippen molar-refractivity contribution in [2.45, 2.75) is 32.4 Å². The summed E-state index contributed by atoms with van der Waals surface area (Å²) in [4.78, 5) is 29.4. The van der Waals surface area contributed by atoms with Gasteiger partial charge in [0.15, 0.2) is 5.52 Å². The smallest absolute Gasteiger partial charge is 0.294 e. The van der Waals surface area contributed by atoms with E-state index in [1.807, 2.05) is 0 Å². The molecule has 0 saturated carbocycles. The van der Waals surface area contributed by atoms with Crippen molar-refractivity contribution in [1.82, 2.24) is 20.1 Å². The van der Waals surface area contributed by atoms with Crippen molar-refractivity contribution in [3.63, 3.8) is 0 Å². The lowest BCUT2D eigenvalue weighted by atomic mass is 10.1. The number of thiazole rings is 1.